The van der Waals surface area contributed by atoms with E-state index in [4.69, 9.17) is 0 Å². The molecule has 2 aliphatic carbocycles. The van der Waals surface area contributed by atoms with E-state index in [2.05, 4.69) is 17.1 Å². The molecule has 1 saturated carbocycles. The lowest BCUT2D eigenvalue weighted by Crippen LogP contribution is -2.48. The van der Waals surface area contributed by atoms with Crippen molar-refractivity contribution in [2.24, 2.45) is 0 Å². The molecule has 0 N–H and O–H groups in total. The van der Waals surface area contributed by atoms with Crippen LogP contribution in [0.3, 0.4) is 0 Å². The highest BCUT2D eigenvalue weighted by Gasteiger charge is 2.46. The summed E-state index contributed by atoms with van der Waals surface area (Å²) in [5, 5.41) is 0. The van der Waals surface area contributed by atoms with Crippen LogP contribution < -0.4 is 9.80 Å². The van der Waals surface area contributed by atoms with Gasteiger partial charge in [0.25, 0.3) is 5.91 Å². The highest BCUT2D eigenvalue weighted by atomic mass is 19.1. The molecule has 192 valence electrons. The molecule has 0 aromatic heterocycles. The first-order chi connectivity index (χ1) is 18.1. The second-order valence-electron chi connectivity index (χ2n) is 10.7. The summed E-state index contributed by atoms with van der Waals surface area (Å²) in [5.41, 5.74) is 4.69. The molecule has 2 aromatic rings. The minimum absolute atomic E-state index is 0.0816. The number of carbonyl (C=O) groups excluding carboxylic acids is 2. The molecule has 37 heavy (non-hydrogen) atoms. The third-order valence-corrected chi connectivity index (χ3v) is 8.34. The van der Waals surface area contributed by atoms with Crippen LogP contribution in [0.2, 0.25) is 0 Å². The Bertz CT molecular complexity index is 1260. The lowest BCUT2D eigenvalue weighted by Gasteiger charge is -2.37. The van der Waals surface area contributed by atoms with Gasteiger partial charge in [-0.3, -0.25) is 14.5 Å². The van der Waals surface area contributed by atoms with E-state index in [1.165, 1.54) is 24.1 Å². The maximum Gasteiger partial charge on any atom is 0.255 e. The van der Waals surface area contributed by atoms with Crippen LogP contribution in [0.25, 0.3) is 0 Å². The minimum atomic E-state index is -0.799. The molecule has 6 heteroatoms. The lowest BCUT2D eigenvalue weighted by molar-refractivity contribution is -0.125. The molecule has 2 aromatic carbocycles. The minimum Gasteiger partial charge on any atom is -0.362 e. The van der Waals surface area contributed by atoms with Crippen LogP contribution in [0.5, 0.6) is 0 Å². The summed E-state index contributed by atoms with van der Waals surface area (Å²) >= 11 is 0. The molecule has 5 nitrogen and oxygen atoms in total. The quantitative estimate of drug-likeness (QED) is 0.486. The number of fused-ring (bicyclic) bond motifs is 1. The second-order valence-corrected chi connectivity index (χ2v) is 10.7. The zero-order chi connectivity index (χ0) is 25.4. The lowest BCUT2D eigenvalue weighted by atomic mass is 9.93. The number of benzene rings is 2. The van der Waals surface area contributed by atoms with E-state index in [-0.39, 0.29) is 24.4 Å². The van der Waals surface area contributed by atoms with Crippen molar-refractivity contribution in [2.45, 2.75) is 69.9 Å². The fraction of sp³-hybridized carbons (Fsp3) is 0.419. The molecular weight excluding hydrogens is 465 g/mol. The molecule has 0 saturated heterocycles. The first-order valence-electron chi connectivity index (χ1n) is 13.7. The third kappa shape index (κ3) is 4.47. The monoisotopic (exact) mass is 499 g/mol. The smallest absolute Gasteiger partial charge is 0.255 e. The number of halogens is 1. The van der Waals surface area contributed by atoms with Gasteiger partial charge in [0.15, 0.2) is 0 Å². The Morgan fingerprint density at radius 2 is 1.84 bits per heavy atom. The van der Waals surface area contributed by atoms with Crippen LogP contribution in [-0.4, -0.2) is 35.8 Å². The molecule has 0 radical (unpaired) electrons. The number of amides is 2. The summed E-state index contributed by atoms with van der Waals surface area (Å²) in [4.78, 5) is 34.0. The SMILES string of the molecule is O=C1C(N(C(=O)CN2CCCC3=C2C=CCC3)c2cccc(F)c2)c2ccccc2N1C1CCCCC1. The molecule has 2 amide bonds. The number of carbonyl (C=O) groups is 2. The van der Waals surface area contributed by atoms with Crippen molar-refractivity contribution in [3.63, 3.8) is 0 Å². The Hall–Kier alpha value is -3.41. The van der Waals surface area contributed by atoms with Gasteiger partial charge in [-0.2, -0.15) is 0 Å². The fourth-order valence-corrected chi connectivity index (χ4v) is 6.64. The normalized spacial score (nSPS) is 21.8. The van der Waals surface area contributed by atoms with Gasteiger partial charge in [-0.05, 0) is 74.4 Å². The van der Waals surface area contributed by atoms with E-state index in [9.17, 15) is 14.0 Å². The van der Waals surface area contributed by atoms with Gasteiger partial charge in [-0.25, -0.2) is 4.39 Å². The molecule has 0 bridgehead atoms. The molecular formula is C31H34FN3O2. The summed E-state index contributed by atoms with van der Waals surface area (Å²) in [6, 6.07) is 13.3. The average Bonchev–Trinajstić information content (AvgIpc) is 3.21. The predicted molar refractivity (Wildman–Crippen MR) is 144 cm³/mol. The van der Waals surface area contributed by atoms with Crippen molar-refractivity contribution in [2.75, 3.05) is 22.9 Å². The van der Waals surface area contributed by atoms with Crippen molar-refractivity contribution in [1.82, 2.24) is 4.90 Å². The van der Waals surface area contributed by atoms with Gasteiger partial charge >= 0.3 is 0 Å². The van der Waals surface area contributed by atoms with E-state index < -0.39 is 11.9 Å². The highest BCUT2D eigenvalue weighted by molar-refractivity contribution is 6.12. The Morgan fingerprint density at radius 1 is 1.00 bits per heavy atom. The van der Waals surface area contributed by atoms with E-state index in [1.54, 1.807) is 17.0 Å². The molecule has 1 atom stereocenters. The zero-order valence-corrected chi connectivity index (χ0v) is 21.2. The molecule has 4 aliphatic rings. The van der Waals surface area contributed by atoms with Crippen molar-refractivity contribution in [3.8, 4) is 0 Å². The summed E-state index contributed by atoms with van der Waals surface area (Å²) in [6.07, 6.45) is 13.8. The van der Waals surface area contributed by atoms with Gasteiger partial charge in [0.05, 0.1) is 6.54 Å². The van der Waals surface area contributed by atoms with Crippen LogP contribution in [0, 0.1) is 5.82 Å². The van der Waals surface area contributed by atoms with Crippen LogP contribution in [0.1, 0.15) is 69.4 Å². The van der Waals surface area contributed by atoms with E-state index in [0.29, 0.717) is 5.69 Å². The largest absolute Gasteiger partial charge is 0.362 e. The van der Waals surface area contributed by atoms with Crippen molar-refractivity contribution < 1.29 is 14.0 Å². The number of para-hydroxylation sites is 1. The number of hydrogen-bond donors (Lipinski definition) is 0. The predicted octanol–water partition coefficient (Wildman–Crippen LogP) is 6.28. The van der Waals surface area contributed by atoms with Crippen LogP contribution in [0.15, 0.2) is 72.0 Å². The Morgan fingerprint density at radius 3 is 2.68 bits per heavy atom. The summed E-state index contributed by atoms with van der Waals surface area (Å²) in [7, 11) is 0. The number of allylic oxidation sites excluding steroid dienone is 3. The molecule has 1 fully saturated rings. The number of nitrogens with zero attached hydrogens (tertiary/aromatic N) is 3. The highest BCUT2D eigenvalue weighted by Crippen LogP contribution is 2.44. The third-order valence-electron chi connectivity index (χ3n) is 8.34. The van der Waals surface area contributed by atoms with Crippen LogP contribution in [0.4, 0.5) is 15.8 Å². The van der Waals surface area contributed by atoms with Gasteiger partial charge < -0.3 is 9.80 Å². The molecule has 2 heterocycles. The Kier molecular flexibility index (Phi) is 6.58. The zero-order valence-electron chi connectivity index (χ0n) is 21.2. The summed E-state index contributed by atoms with van der Waals surface area (Å²) < 4.78 is 14.5. The first-order valence-corrected chi connectivity index (χ1v) is 13.7. The van der Waals surface area contributed by atoms with Gasteiger partial charge in [-0.15, -0.1) is 0 Å². The van der Waals surface area contributed by atoms with Crippen LogP contribution in [-0.2, 0) is 9.59 Å². The maximum absolute atomic E-state index is 14.5. The number of anilines is 2. The van der Waals surface area contributed by atoms with Gasteiger partial charge in [0.1, 0.15) is 11.9 Å². The topological polar surface area (TPSA) is 43.9 Å². The first kappa shape index (κ1) is 24.0. The summed E-state index contributed by atoms with van der Waals surface area (Å²) in [5.74, 6) is -0.685. The maximum atomic E-state index is 14.5. The average molecular weight is 500 g/mol. The molecule has 2 aliphatic heterocycles. The fourth-order valence-electron chi connectivity index (χ4n) is 6.64. The van der Waals surface area contributed by atoms with Crippen molar-refractivity contribution in [3.05, 3.63) is 83.3 Å². The second kappa shape index (κ2) is 10.2. The van der Waals surface area contributed by atoms with Crippen LogP contribution >= 0.6 is 0 Å². The van der Waals surface area contributed by atoms with Gasteiger partial charge in [0, 0.05) is 35.2 Å². The van der Waals surface area contributed by atoms with E-state index >= 15 is 0 Å². The molecule has 0 spiro atoms. The van der Waals surface area contributed by atoms with E-state index in [0.717, 1.165) is 74.9 Å². The molecule has 1 unspecified atom stereocenters. The summed E-state index contributed by atoms with van der Waals surface area (Å²) in [6.45, 7) is 0.963. The number of hydrogen-bond acceptors (Lipinski definition) is 3. The van der Waals surface area contributed by atoms with Gasteiger partial charge in [-0.1, -0.05) is 49.6 Å². The van der Waals surface area contributed by atoms with Crippen molar-refractivity contribution >= 4 is 23.2 Å². The molecule has 6 rings (SSSR count). The van der Waals surface area contributed by atoms with Gasteiger partial charge in [0.2, 0.25) is 5.91 Å². The van der Waals surface area contributed by atoms with Crippen molar-refractivity contribution in [1.29, 1.82) is 0 Å². The standard InChI is InChI=1S/C31H34FN3O2/c32-23-12-8-15-25(20-23)35(29(36)21-33-19-9-11-22-10-4-6-17-27(22)33)30-26-16-5-7-18-28(26)34(31(30)37)24-13-2-1-3-14-24/h5-8,12,15-18,20,24,30H,1-4,9-11,13-14,19,21H2. The van der Waals surface area contributed by atoms with E-state index in [1.807, 2.05) is 29.2 Å². The Labute approximate surface area is 218 Å². The number of rotatable bonds is 5. The Balaban J connectivity index is 1.39.